The topological polar surface area (TPSA) is 77.3 Å². The van der Waals surface area contributed by atoms with Crippen molar-refractivity contribution >= 4 is 22.5 Å². The molecule has 0 saturated carbocycles. The van der Waals surface area contributed by atoms with E-state index in [1.54, 1.807) is 31.3 Å². The molecule has 2 aliphatic heterocycles. The van der Waals surface area contributed by atoms with Gasteiger partial charge in [0.25, 0.3) is 0 Å². The Kier molecular flexibility index (Phi) is 5.82. The predicted molar refractivity (Wildman–Crippen MR) is 113 cm³/mol. The predicted octanol–water partition coefficient (Wildman–Crippen LogP) is 2.78. The van der Waals surface area contributed by atoms with Crippen LogP contribution < -0.4 is 4.90 Å². The highest BCUT2D eigenvalue weighted by atomic mass is 32.2. The van der Waals surface area contributed by atoms with E-state index in [0.29, 0.717) is 18.7 Å². The van der Waals surface area contributed by atoms with E-state index < -0.39 is 10.8 Å². The number of piperazine rings is 1. The number of nitriles is 1. The molecule has 4 atom stereocenters. The van der Waals surface area contributed by atoms with Gasteiger partial charge in [-0.2, -0.15) is 5.26 Å². The first-order valence-corrected chi connectivity index (χ1v) is 11.4. The van der Waals surface area contributed by atoms with E-state index in [-0.39, 0.29) is 34.8 Å². The molecule has 2 aliphatic rings. The van der Waals surface area contributed by atoms with Gasteiger partial charge in [-0.1, -0.05) is 12.1 Å². The summed E-state index contributed by atoms with van der Waals surface area (Å²) in [6.45, 7) is 2.97. The van der Waals surface area contributed by atoms with Crippen LogP contribution in [0.5, 0.6) is 0 Å². The summed E-state index contributed by atoms with van der Waals surface area (Å²) in [6.07, 6.45) is 3.53. The normalized spacial score (nSPS) is 22.4. The third kappa shape index (κ3) is 4.08. The maximum absolute atomic E-state index is 13.1. The first kappa shape index (κ1) is 20.5. The molecule has 0 spiro atoms. The van der Waals surface area contributed by atoms with Gasteiger partial charge >= 0.3 is 0 Å². The van der Waals surface area contributed by atoms with Crippen molar-refractivity contribution in [2.75, 3.05) is 23.7 Å². The number of halogens is 1. The first-order chi connectivity index (χ1) is 14.5. The quantitative estimate of drug-likeness (QED) is 0.735. The number of hydrogen-bond acceptors (Lipinski definition) is 5. The Bertz CT molecular complexity index is 976. The monoisotopic (exact) mass is 426 g/mol. The number of benzene rings is 1. The van der Waals surface area contributed by atoms with E-state index in [0.717, 1.165) is 24.2 Å². The van der Waals surface area contributed by atoms with Gasteiger partial charge in [0, 0.05) is 42.2 Å². The summed E-state index contributed by atoms with van der Waals surface area (Å²) >= 11 is 0. The minimum atomic E-state index is -1.37. The molecule has 6 nitrogen and oxygen atoms in total. The molecule has 4 rings (SSSR count). The van der Waals surface area contributed by atoms with Crippen LogP contribution in [-0.4, -0.2) is 50.9 Å². The van der Waals surface area contributed by atoms with Gasteiger partial charge in [0.05, 0.1) is 10.8 Å². The lowest BCUT2D eigenvalue weighted by atomic mass is 10.1. The maximum atomic E-state index is 13.1. The highest BCUT2D eigenvalue weighted by Crippen LogP contribution is 2.34. The third-order valence-electron chi connectivity index (χ3n) is 5.98. The zero-order chi connectivity index (χ0) is 21.3. The second-order valence-electron chi connectivity index (χ2n) is 7.83. The van der Waals surface area contributed by atoms with Crippen molar-refractivity contribution in [1.29, 1.82) is 5.26 Å². The SMILES string of the molecule is CC(c1ccc(F)cc1)S(=O)CC(=O)N1CC2CC[C@@H](C1)N2c1ccc(C#N)cn1. The number of carbonyl (C=O) groups excluding carboxylic acids is 1. The Morgan fingerprint density at radius 1 is 1.23 bits per heavy atom. The molecule has 3 unspecified atom stereocenters. The minimum absolute atomic E-state index is 0.0346. The molecule has 0 radical (unpaired) electrons. The Labute approximate surface area is 177 Å². The van der Waals surface area contributed by atoms with Gasteiger partial charge in [0.1, 0.15) is 23.5 Å². The van der Waals surface area contributed by atoms with Crippen LogP contribution in [0, 0.1) is 17.1 Å². The second-order valence-corrected chi connectivity index (χ2v) is 9.58. The Morgan fingerprint density at radius 3 is 2.47 bits per heavy atom. The van der Waals surface area contributed by atoms with Gasteiger partial charge in [-0.05, 0) is 49.6 Å². The molecule has 1 amide bonds. The van der Waals surface area contributed by atoms with Crippen molar-refractivity contribution in [1.82, 2.24) is 9.88 Å². The fourth-order valence-electron chi connectivity index (χ4n) is 4.31. The Hall–Kier alpha value is -2.79. The molecule has 2 bridgehead atoms. The molecule has 0 aliphatic carbocycles. The van der Waals surface area contributed by atoms with Crippen molar-refractivity contribution in [3.8, 4) is 6.07 Å². The Balaban J connectivity index is 1.39. The highest BCUT2D eigenvalue weighted by molar-refractivity contribution is 7.86. The molecular weight excluding hydrogens is 403 g/mol. The van der Waals surface area contributed by atoms with Crippen LogP contribution in [0.2, 0.25) is 0 Å². The van der Waals surface area contributed by atoms with Crippen molar-refractivity contribution in [3.05, 3.63) is 59.5 Å². The molecule has 2 fully saturated rings. The summed E-state index contributed by atoms with van der Waals surface area (Å²) in [5, 5.41) is 8.62. The van der Waals surface area contributed by atoms with Crippen LogP contribution in [-0.2, 0) is 15.6 Å². The van der Waals surface area contributed by atoms with Crippen LogP contribution in [0.25, 0.3) is 0 Å². The fraction of sp³-hybridized carbons (Fsp3) is 0.409. The largest absolute Gasteiger partial charge is 0.347 e. The lowest BCUT2D eigenvalue weighted by Crippen LogP contribution is -2.56. The molecule has 8 heteroatoms. The van der Waals surface area contributed by atoms with Gasteiger partial charge in [0.15, 0.2) is 0 Å². The molecule has 1 aromatic heterocycles. The fourth-order valence-corrected chi connectivity index (χ4v) is 5.45. The van der Waals surface area contributed by atoms with Gasteiger partial charge < -0.3 is 9.80 Å². The van der Waals surface area contributed by atoms with Crippen molar-refractivity contribution in [2.24, 2.45) is 0 Å². The number of anilines is 1. The van der Waals surface area contributed by atoms with Gasteiger partial charge in [-0.15, -0.1) is 0 Å². The Morgan fingerprint density at radius 2 is 1.90 bits per heavy atom. The van der Waals surface area contributed by atoms with E-state index in [2.05, 4.69) is 16.0 Å². The molecule has 2 aromatic rings. The van der Waals surface area contributed by atoms with E-state index in [1.807, 2.05) is 11.0 Å². The zero-order valence-electron chi connectivity index (χ0n) is 16.7. The number of nitrogens with zero attached hydrogens (tertiary/aromatic N) is 4. The standard InChI is InChI=1S/C22H23FN4O2S/c1-15(17-3-5-18(23)6-4-17)30(29)14-22(28)26-12-19-7-8-20(13-26)27(19)21-9-2-16(10-24)11-25-21/h2-6,9,11,15,19-20H,7-8,12-14H2,1H3/t15?,19-,20?,30?/m0/s1. The third-order valence-corrected chi connectivity index (χ3v) is 7.57. The second kappa shape index (κ2) is 8.52. The average molecular weight is 427 g/mol. The number of amides is 1. The number of hydrogen-bond donors (Lipinski definition) is 0. The molecule has 2 saturated heterocycles. The lowest BCUT2D eigenvalue weighted by Gasteiger charge is -2.41. The maximum Gasteiger partial charge on any atom is 0.235 e. The van der Waals surface area contributed by atoms with Crippen LogP contribution in [0.4, 0.5) is 10.2 Å². The van der Waals surface area contributed by atoms with E-state index in [4.69, 9.17) is 5.26 Å². The number of likely N-dealkylation sites (tertiary alicyclic amines) is 1. The van der Waals surface area contributed by atoms with Crippen molar-refractivity contribution < 1.29 is 13.4 Å². The highest BCUT2D eigenvalue weighted by Gasteiger charge is 2.42. The summed E-state index contributed by atoms with van der Waals surface area (Å²) in [6, 6.07) is 12.0. The van der Waals surface area contributed by atoms with Crippen molar-refractivity contribution in [2.45, 2.75) is 37.1 Å². The van der Waals surface area contributed by atoms with Gasteiger partial charge in [-0.3, -0.25) is 9.00 Å². The summed E-state index contributed by atoms with van der Waals surface area (Å²) in [5.74, 6) is 0.360. The van der Waals surface area contributed by atoms with E-state index in [9.17, 15) is 13.4 Å². The summed E-state index contributed by atoms with van der Waals surface area (Å²) in [5.41, 5.74) is 1.29. The molecule has 3 heterocycles. The number of carbonyl (C=O) groups is 1. The van der Waals surface area contributed by atoms with Crippen LogP contribution in [0.15, 0.2) is 42.6 Å². The zero-order valence-corrected chi connectivity index (χ0v) is 17.5. The molecule has 0 N–H and O–H groups in total. The average Bonchev–Trinajstić information content (AvgIpc) is 3.02. The molecule has 156 valence electrons. The molecule has 1 aromatic carbocycles. The smallest absolute Gasteiger partial charge is 0.235 e. The summed E-state index contributed by atoms with van der Waals surface area (Å²) in [4.78, 5) is 21.3. The van der Waals surface area contributed by atoms with Crippen LogP contribution in [0.1, 0.15) is 36.1 Å². The summed E-state index contributed by atoms with van der Waals surface area (Å²) < 4.78 is 25.8. The first-order valence-electron chi connectivity index (χ1n) is 10.0. The number of pyridine rings is 1. The molecule has 30 heavy (non-hydrogen) atoms. The van der Waals surface area contributed by atoms with E-state index >= 15 is 0 Å². The lowest BCUT2D eigenvalue weighted by molar-refractivity contribution is -0.129. The van der Waals surface area contributed by atoms with Gasteiger partial charge in [0.2, 0.25) is 5.91 Å². The molecular formula is C22H23FN4O2S. The summed E-state index contributed by atoms with van der Waals surface area (Å²) in [7, 11) is -1.37. The van der Waals surface area contributed by atoms with Crippen LogP contribution >= 0.6 is 0 Å². The number of fused-ring (bicyclic) bond motifs is 2. The van der Waals surface area contributed by atoms with Crippen LogP contribution in [0.3, 0.4) is 0 Å². The van der Waals surface area contributed by atoms with E-state index in [1.165, 1.54) is 12.1 Å². The number of rotatable bonds is 5. The van der Waals surface area contributed by atoms with Crippen molar-refractivity contribution in [3.63, 3.8) is 0 Å². The number of aromatic nitrogens is 1. The van der Waals surface area contributed by atoms with Gasteiger partial charge in [-0.25, -0.2) is 9.37 Å². The minimum Gasteiger partial charge on any atom is -0.347 e.